The molecule has 0 saturated heterocycles. The summed E-state index contributed by atoms with van der Waals surface area (Å²) in [6.45, 7) is 0.813. The van der Waals surface area contributed by atoms with Crippen LogP contribution in [0.2, 0.25) is 0 Å². The standard InChI is InChI=1S/C23H24N8O/c1-31-16-20(15-29-31)19-7-8-21(28-14-19)30-23(32)22(18-5-3-2-4-6-18)27-10-9-26-13-17(11-24)12-25/h2-8,11,13-16,22,27H,9-10,24H2,1H3,(H,28,30,32)/b17-11-,26-13?. The normalized spacial score (nSPS) is 12.4. The van der Waals surface area contributed by atoms with Gasteiger partial charge in [-0.25, -0.2) is 4.98 Å². The van der Waals surface area contributed by atoms with Gasteiger partial charge >= 0.3 is 0 Å². The van der Waals surface area contributed by atoms with Gasteiger partial charge in [0.25, 0.3) is 0 Å². The van der Waals surface area contributed by atoms with E-state index in [0.29, 0.717) is 18.9 Å². The second-order valence-corrected chi connectivity index (χ2v) is 6.89. The largest absolute Gasteiger partial charge is 0.403 e. The van der Waals surface area contributed by atoms with E-state index in [1.165, 1.54) is 12.4 Å². The summed E-state index contributed by atoms with van der Waals surface area (Å²) in [5.41, 5.74) is 8.29. The number of nitrogens with two attached hydrogens (primary N) is 1. The molecule has 3 aromatic rings. The van der Waals surface area contributed by atoms with Crippen molar-refractivity contribution in [3.8, 4) is 17.2 Å². The van der Waals surface area contributed by atoms with E-state index < -0.39 is 6.04 Å². The molecule has 0 fully saturated rings. The van der Waals surface area contributed by atoms with Crippen LogP contribution in [0, 0.1) is 11.3 Å². The molecule has 1 atom stereocenters. The SMILES string of the molecule is Cn1cc(-c2ccc(NC(=O)C(NCCN=C/C(C#N)=C\N)c3ccccc3)nc2)cn1. The van der Waals surface area contributed by atoms with Crippen LogP contribution in [-0.2, 0) is 11.8 Å². The van der Waals surface area contributed by atoms with Crippen molar-refractivity contribution < 1.29 is 4.79 Å². The Morgan fingerprint density at radius 1 is 1.25 bits per heavy atom. The number of aromatic nitrogens is 3. The molecular weight excluding hydrogens is 404 g/mol. The van der Waals surface area contributed by atoms with Crippen molar-refractivity contribution in [1.29, 1.82) is 5.26 Å². The fourth-order valence-electron chi connectivity index (χ4n) is 2.96. The molecule has 0 spiro atoms. The average molecular weight is 429 g/mol. The zero-order valence-electron chi connectivity index (χ0n) is 17.6. The first kappa shape index (κ1) is 22.4. The summed E-state index contributed by atoms with van der Waals surface area (Å²) in [5, 5.41) is 19.1. The highest BCUT2D eigenvalue weighted by atomic mass is 16.2. The van der Waals surface area contributed by atoms with Crippen LogP contribution in [-0.4, -0.2) is 40.0 Å². The van der Waals surface area contributed by atoms with E-state index in [1.54, 1.807) is 23.1 Å². The van der Waals surface area contributed by atoms with Crippen LogP contribution < -0.4 is 16.4 Å². The number of nitrogens with one attached hydrogen (secondary N) is 2. The van der Waals surface area contributed by atoms with Gasteiger partial charge in [0.15, 0.2) is 0 Å². The van der Waals surface area contributed by atoms with Gasteiger partial charge in [-0.15, -0.1) is 0 Å². The van der Waals surface area contributed by atoms with Crippen LogP contribution in [0.15, 0.2) is 77.8 Å². The Hall–Kier alpha value is -4.29. The molecule has 4 N–H and O–H groups in total. The Bertz CT molecular complexity index is 1130. The molecule has 0 aliphatic heterocycles. The maximum absolute atomic E-state index is 13.0. The first-order valence-corrected chi connectivity index (χ1v) is 9.97. The monoisotopic (exact) mass is 428 g/mol. The minimum atomic E-state index is -0.591. The first-order chi connectivity index (χ1) is 15.6. The predicted molar refractivity (Wildman–Crippen MR) is 123 cm³/mol. The molecule has 1 unspecified atom stereocenters. The molecule has 0 aliphatic rings. The lowest BCUT2D eigenvalue weighted by atomic mass is 10.1. The molecule has 3 rings (SSSR count). The molecule has 32 heavy (non-hydrogen) atoms. The fourth-order valence-corrected chi connectivity index (χ4v) is 2.96. The fraction of sp³-hybridized carbons (Fsp3) is 0.174. The molecule has 2 heterocycles. The van der Waals surface area contributed by atoms with Crippen LogP contribution in [0.25, 0.3) is 11.1 Å². The summed E-state index contributed by atoms with van der Waals surface area (Å²) in [6, 6.07) is 14.4. The van der Waals surface area contributed by atoms with Crippen LogP contribution >= 0.6 is 0 Å². The summed E-state index contributed by atoms with van der Waals surface area (Å²) < 4.78 is 1.72. The van der Waals surface area contributed by atoms with Gasteiger partial charge < -0.3 is 16.4 Å². The highest BCUT2D eigenvalue weighted by Gasteiger charge is 2.20. The Kier molecular flexibility index (Phi) is 7.84. The number of rotatable bonds is 9. The van der Waals surface area contributed by atoms with Crippen molar-refractivity contribution in [2.24, 2.45) is 17.8 Å². The van der Waals surface area contributed by atoms with Gasteiger partial charge in [0.2, 0.25) is 5.91 Å². The minimum Gasteiger partial charge on any atom is -0.403 e. The second kappa shape index (κ2) is 11.2. The smallest absolute Gasteiger partial charge is 0.247 e. The van der Waals surface area contributed by atoms with E-state index in [1.807, 2.05) is 55.7 Å². The number of allylic oxidation sites excluding steroid dienone is 1. The summed E-state index contributed by atoms with van der Waals surface area (Å²) in [7, 11) is 1.85. The Labute approximate surface area is 186 Å². The molecular formula is C23H24N8O. The summed E-state index contributed by atoms with van der Waals surface area (Å²) >= 11 is 0. The maximum atomic E-state index is 13.0. The van der Waals surface area contributed by atoms with Crippen molar-refractivity contribution >= 4 is 17.9 Å². The van der Waals surface area contributed by atoms with E-state index >= 15 is 0 Å². The highest BCUT2D eigenvalue weighted by Crippen LogP contribution is 2.20. The zero-order chi connectivity index (χ0) is 22.8. The third-order valence-corrected chi connectivity index (χ3v) is 4.58. The maximum Gasteiger partial charge on any atom is 0.247 e. The second-order valence-electron chi connectivity index (χ2n) is 6.89. The molecule has 0 aliphatic carbocycles. The average Bonchev–Trinajstić information content (AvgIpc) is 3.26. The third kappa shape index (κ3) is 6.10. The number of carbonyl (C=O) groups excluding carboxylic acids is 1. The topological polar surface area (TPSA) is 134 Å². The quantitative estimate of drug-likeness (QED) is 0.272. The lowest BCUT2D eigenvalue weighted by Gasteiger charge is -2.18. The van der Waals surface area contributed by atoms with E-state index in [4.69, 9.17) is 11.0 Å². The molecule has 9 nitrogen and oxygen atoms in total. The van der Waals surface area contributed by atoms with Gasteiger partial charge in [-0.1, -0.05) is 30.3 Å². The van der Waals surface area contributed by atoms with E-state index in [-0.39, 0.29) is 11.5 Å². The molecule has 1 amide bonds. The molecule has 0 saturated carbocycles. The van der Waals surface area contributed by atoms with Gasteiger partial charge in [-0.3, -0.25) is 14.5 Å². The van der Waals surface area contributed by atoms with E-state index in [2.05, 4.69) is 25.7 Å². The summed E-state index contributed by atoms with van der Waals surface area (Å²) in [6.07, 6.45) is 7.97. The molecule has 0 bridgehead atoms. The lowest BCUT2D eigenvalue weighted by Crippen LogP contribution is -2.34. The predicted octanol–water partition coefficient (Wildman–Crippen LogP) is 2.19. The van der Waals surface area contributed by atoms with Gasteiger partial charge in [-0.2, -0.15) is 10.4 Å². The van der Waals surface area contributed by atoms with Gasteiger partial charge in [0.05, 0.1) is 18.3 Å². The minimum absolute atomic E-state index is 0.235. The number of nitriles is 1. The molecule has 9 heteroatoms. The van der Waals surface area contributed by atoms with Crippen molar-refractivity contribution in [3.05, 3.63) is 78.4 Å². The number of amides is 1. The number of pyridine rings is 1. The van der Waals surface area contributed by atoms with Gasteiger partial charge in [-0.05, 0) is 17.7 Å². The number of benzene rings is 1. The van der Waals surface area contributed by atoms with Crippen LogP contribution in [0.5, 0.6) is 0 Å². The number of hydrogen-bond donors (Lipinski definition) is 3. The number of nitrogens with zero attached hydrogens (tertiary/aromatic N) is 5. The molecule has 2 aromatic heterocycles. The van der Waals surface area contributed by atoms with Crippen LogP contribution in [0.4, 0.5) is 5.82 Å². The van der Waals surface area contributed by atoms with Gasteiger partial charge in [0, 0.05) is 49.5 Å². The first-order valence-electron chi connectivity index (χ1n) is 9.97. The Morgan fingerprint density at radius 3 is 2.69 bits per heavy atom. The number of aliphatic imine (C=N–C) groups is 1. The number of anilines is 1. The Balaban J connectivity index is 1.65. The van der Waals surface area contributed by atoms with Crippen LogP contribution in [0.1, 0.15) is 11.6 Å². The zero-order valence-corrected chi connectivity index (χ0v) is 17.6. The van der Waals surface area contributed by atoms with Crippen molar-refractivity contribution in [3.63, 3.8) is 0 Å². The van der Waals surface area contributed by atoms with Gasteiger partial charge in [0.1, 0.15) is 17.9 Å². The molecule has 1 aromatic carbocycles. The summed E-state index contributed by atoms with van der Waals surface area (Å²) in [5.74, 6) is 0.219. The van der Waals surface area contributed by atoms with Crippen molar-refractivity contribution in [1.82, 2.24) is 20.1 Å². The molecule has 0 radical (unpaired) electrons. The van der Waals surface area contributed by atoms with E-state index in [9.17, 15) is 4.79 Å². The lowest BCUT2D eigenvalue weighted by molar-refractivity contribution is -0.118. The van der Waals surface area contributed by atoms with E-state index in [0.717, 1.165) is 16.7 Å². The van der Waals surface area contributed by atoms with Crippen LogP contribution in [0.3, 0.4) is 0 Å². The number of aryl methyl sites for hydroxylation is 1. The Morgan fingerprint density at radius 2 is 2.06 bits per heavy atom. The van der Waals surface area contributed by atoms with Crippen molar-refractivity contribution in [2.45, 2.75) is 6.04 Å². The molecule has 162 valence electrons. The van der Waals surface area contributed by atoms with Crippen molar-refractivity contribution in [2.75, 3.05) is 18.4 Å². The summed E-state index contributed by atoms with van der Waals surface area (Å²) in [4.78, 5) is 21.5. The number of hydrogen-bond acceptors (Lipinski definition) is 7. The highest BCUT2D eigenvalue weighted by molar-refractivity contribution is 5.95. The third-order valence-electron chi connectivity index (χ3n) is 4.58. The number of carbonyl (C=O) groups is 1.